The average molecular weight is 293 g/mol. The van der Waals surface area contributed by atoms with Gasteiger partial charge < -0.3 is 10.6 Å². The summed E-state index contributed by atoms with van der Waals surface area (Å²) in [5.41, 5.74) is 0.803. The Labute approximate surface area is 119 Å². The number of aryl methyl sites for hydroxylation is 1. The molecule has 0 atom stereocenters. The van der Waals surface area contributed by atoms with E-state index < -0.39 is 0 Å². The molecule has 1 amide bonds. The number of nitrogens with zero attached hydrogens (tertiary/aromatic N) is 1. The van der Waals surface area contributed by atoms with Crippen LogP contribution in [0.2, 0.25) is 0 Å². The van der Waals surface area contributed by atoms with E-state index in [9.17, 15) is 4.79 Å². The van der Waals surface area contributed by atoms with E-state index in [4.69, 9.17) is 0 Å². The van der Waals surface area contributed by atoms with Gasteiger partial charge in [-0.3, -0.25) is 4.79 Å². The fraction of sp³-hybridized carbons (Fsp3) is 0.385. The number of aromatic nitrogens is 1. The van der Waals surface area contributed by atoms with E-state index in [1.165, 1.54) is 24.2 Å². The summed E-state index contributed by atoms with van der Waals surface area (Å²) in [6.45, 7) is 2.47. The highest BCUT2D eigenvalue weighted by Gasteiger charge is 2.23. The first-order chi connectivity index (χ1) is 9.22. The van der Waals surface area contributed by atoms with Crippen molar-refractivity contribution in [3.05, 3.63) is 33.0 Å². The molecule has 19 heavy (non-hydrogen) atoms. The van der Waals surface area contributed by atoms with Crippen LogP contribution >= 0.6 is 22.7 Å². The predicted molar refractivity (Wildman–Crippen MR) is 79.0 cm³/mol. The number of thiazole rings is 1. The largest absolute Gasteiger partial charge is 0.359 e. The van der Waals surface area contributed by atoms with E-state index in [1.54, 1.807) is 11.3 Å². The van der Waals surface area contributed by atoms with Crippen LogP contribution in [0.4, 0.5) is 5.13 Å². The SMILES string of the molecule is Cc1nc(NC2CC2)sc1C(=O)NCc1cccs1. The number of amides is 1. The first-order valence-corrected chi connectivity index (χ1v) is 7.96. The molecule has 0 spiro atoms. The van der Waals surface area contributed by atoms with E-state index in [-0.39, 0.29) is 5.91 Å². The lowest BCUT2D eigenvalue weighted by molar-refractivity contribution is 0.0954. The molecule has 100 valence electrons. The lowest BCUT2D eigenvalue weighted by Crippen LogP contribution is -2.22. The fourth-order valence-electron chi connectivity index (χ4n) is 1.73. The third-order valence-corrected chi connectivity index (χ3v) is 4.87. The normalized spacial score (nSPS) is 14.4. The van der Waals surface area contributed by atoms with Gasteiger partial charge in [0, 0.05) is 10.9 Å². The maximum absolute atomic E-state index is 12.1. The van der Waals surface area contributed by atoms with Crippen LogP contribution in [0.3, 0.4) is 0 Å². The van der Waals surface area contributed by atoms with E-state index in [2.05, 4.69) is 15.6 Å². The van der Waals surface area contributed by atoms with Crippen LogP contribution in [-0.2, 0) is 6.54 Å². The smallest absolute Gasteiger partial charge is 0.263 e. The molecule has 0 bridgehead atoms. The van der Waals surface area contributed by atoms with Crippen LogP contribution < -0.4 is 10.6 Å². The Balaban J connectivity index is 1.63. The minimum Gasteiger partial charge on any atom is -0.359 e. The van der Waals surface area contributed by atoms with Crippen molar-refractivity contribution < 1.29 is 4.79 Å². The second kappa shape index (κ2) is 5.30. The molecule has 2 heterocycles. The molecular formula is C13H15N3OS2. The summed E-state index contributed by atoms with van der Waals surface area (Å²) in [7, 11) is 0. The van der Waals surface area contributed by atoms with Crippen molar-refractivity contribution >= 4 is 33.7 Å². The molecule has 6 heteroatoms. The van der Waals surface area contributed by atoms with Crippen LogP contribution in [0.5, 0.6) is 0 Å². The highest BCUT2D eigenvalue weighted by Crippen LogP contribution is 2.29. The van der Waals surface area contributed by atoms with Crippen molar-refractivity contribution in [1.29, 1.82) is 0 Å². The first-order valence-electron chi connectivity index (χ1n) is 6.27. The molecule has 0 unspecified atom stereocenters. The summed E-state index contributed by atoms with van der Waals surface area (Å²) >= 11 is 3.09. The quantitative estimate of drug-likeness (QED) is 0.891. The van der Waals surface area contributed by atoms with Gasteiger partial charge in [-0.05, 0) is 31.2 Å². The van der Waals surface area contributed by atoms with Crippen molar-refractivity contribution in [3.63, 3.8) is 0 Å². The van der Waals surface area contributed by atoms with Gasteiger partial charge in [-0.25, -0.2) is 4.98 Å². The summed E-state index contributed by atoms with van der Waals surface area (Å²) in [4.78, 5) is 18.4. The number of carbonyl (C=O) groups is 1. The van der Waals surface area contributed by atoms with Gasteiger partial charge in [0.15, 0.2) is 5.13 Å². The van der Waals surface area contributed by atoms with E-state index in [0.29, 0.717) is 17.5 Å². The molecule has 0 aliphatic heterocycles. The summed E-state index contributed by atoms with van der Waals surface area (Å²) < 4.78 is 0. The zero-order valence-electron chi connectivity index (χ0n) is 10.6. The molecule has 0 radical (unpaired) electrons. The maximum Gasteiger partial charge on any atom is 0.263 e. The van der Waals surface area contributed by atoms with Crippen molar-refractivity contribution in [2.45, 2.75) is 32.4 Å². The lowest BCUT2D eigenvalue weighted by Gasteiger charge is -2.01. The molecule has 1 aliphatic rings. The molecule has 2 N–H and O–H groups in total. The molecule has 3 rings (SSSR count). The zero-order chi connectivity index (χ0) is 13.2. The third-order valence-electron chi connectivity index (χ3n) is 2.91. The molecule has 2 aromatic heterocycles. The van der Waals surface area contributed by atoms with Gasteiger partial charge in [0.05, 0.1) is 12.2 Å². The average Bonchev–Trinajstić information content (AvgIpc) is 2.90. The minimum atomic E-state index is -0.0350. The van der Waals surface area contributed by atoms with E-state index in [0.717, 1.165) is 15.7 Å². The van der Waals surface area contributed by atoms with Crippen molar-refractivity contribution in [2.24, 2.45) is 0 Å². The van der Waals surface area contributed by atoms with Crippen LogP contribution in [0.1, 0.15) is 33.1 Å². The molecule has 1 fully saturated rings. The molecule has 2 aromatic rings. The number of thiophene rings is 1. The van der Waals surface area contributed by atoms with Crippen LogP contribution in [0, 0.1) is 6.92 Å². The summed E-state index contributed by atoms with van der Waals surface area (Å²) in [6, 6.07) is 4.57. The zero-order valence-corrected chi connectivity index (χ0v) is 12.2. The number of nitrogens with one attached hydrogen (secondary N) is 2. The van der Waals surface area contributed by atoms with Crippen LogP contribution in [0.25, 0.3) is 0 Å². The second-order valence-electron chi connectivity index (χ2n) is 4.61. The minimum absolute atomic E-state index is 0.0350. The van der Waals surface area contributed by atoms with Gasteiger partial charge in [-0.15, -0.1) is 11.3 Å². The standard InChI is InChI=1S/C13H15N3OS2/c1-8-11(19-13(15-8)16-9-4-5-9)12(17)14-7-10-3-2-6-18-10/h2-3,6,9H,4-5,7H2,1H3,(H,14,17)(H,15,16). The Morgan fingerprint density at radius 3 is 3.05 bits per heavy atom. The maximum atomic E-state index is 12.1. The van der Waals surface area contributed by atoms with Gasteiger partial charge in [-0.2, -0.15) is 0 Å². The Bertz CT molecular complexity index is 573. The summed E-state index contributed by atoms with van der Waals surface area (Å²) in [5, 5.41) is 9.14. The van der Waals surface area contributed by atoms with E-state index in [1.807, 2.05) is 24.4 Å². The Hall–Kier alpha value is -1.40. The van der Waals surface area contributed by atoms with Gasteiger partial charge in [-0.1, -0.05) is 17.4 Å². The number of hydrogen-bond acceptors (Lipinski definition) is 5. The highest BCUT2D eigenvalue weighted by atomic mass is 32.1. The Morgan fingerprint density at radius 1 is 1.53 bits per heavy atom. The van der Waals surface area contributed by atoms with Gasteiger partial charge in [0.2, 0.25) is 0 Å². The van der Waals surface area contributed by atoms with Crippen molar-refractivity contribution in [3.8, 4) is 0 Å². The fourth-order valence-corrected chi connectivity index (χ4v) is 3.34. The van der Waals surface area contributed by atoms with Crippen molar-refractivity contribution in [2.75, 3.05) is 5.32 Å². The summed E-state index contributed by atoms with van der Waals surface area (Å²) in [5.74, 6) is -0.0350. The highest BCUT2D eigenvalue weighted by molar-refractivity contribution is 7.17. The molecule has 0 saturated heterocycles. The third kappa shape index (κ3) is 3.13. The van der Waals surface area contributed by atoms with E-state index >= 15 is 0 Å². The van der Waals surface area contributed by atoms with Crippen LogP contribution in [0.15, 0.2) is 17.5 Å². The molecule has 0 aromatic carbocycles. The van der Waals surface area contributed by atoms with Gasteiger partial charge >= 0.3 is 0 Å². The summed E-state index contributed by atoms with van der Waals surface area (Å²) in [6.07, 6.45) is 2.41. The van der Waals surface area contributed by atoms with Crippen LogP contribution in [-0.4, -0.2) is 16.9 Å². The van der Waals surface area contributed by atoms with Gasteiger partial charge in [0.25, 0.3) is 5.91 Å². The molecule has 1 saturated carbocycles. The first kappa shape index (κ1) is 12.6. The molecular weight excluding hydrogens is 278 g/mol. The Morgan fingerprint density at radius 2 is 2.37 bits per heavy atom. The molecule has 4 nitrogen and oxygen atoms in total. The van der Waals surface area contributed by atoms with Gasteiger partial charge in [0.1, 0.15) is 4.88 Å². The molecule has 1 aliphatic carbocycles. The topological polar surface area (TPSA) is 54.0 Å². The monoisotopic (exact) mass is 293 g/mol. The second-order valence-corrected chi connectivity index (χ2v) is 6.65. The predicted octanol–water partition coefficient (Wildman–Crippen LogP) is 3.02. The number of rotatable bonds is 5. The number of anilines is 1. The van der Waals surface area contributed by atoms with Crippen molar-refractivity contribution in [1.82, 2.24) is 10.3 Å². The Kier molecular flexibility index (Phi) is 3.52. The number of hydrogen-bond donors (Lipinski definition) is 2. The number of carbonyl (C=O) groups excluding carboxylic acids is 1. The lowest BCUT2D eigenvalue weighted by atomic mass is 10.3.